The van der Waals surface area contributed by atoms with Crippen molar-refractivity contribution in [2.24, 2.45) is 0 Å². The zero-order chi connectivity index (χ0) is 15.6. The molecule has 2 nitrogen and oxygen atoms in total. The molecule has 114 valence electrons. The maximum atomic E-state index is 14.3. The Bertz CT molecular complexity index is 622. The molecule has 0 fully saturated rings. The molecule has 0 saturated heterocycles. The van der Waals surface area contributed by atoms with Crippen molar-refractivity contribution in [3.05, 3.63) is 50.2 Å². The van der Waals surface area contributed by atoms with Gasteiger partial charge in [-0.1, -0.05) is 18.5 Å². The quantitative estimate of drug-likeness (QED) is 0.857. The lowest BCUT2D eigenvalue weighted by Gasteiger charge is -2.19. The van der Waals surface area contributed by atoms with Gasteiger partial charge >= 0.3 is 0 Å². The first-order chi connectivity index (χ1) is 9.99. The molecule has 2 aromatic rings. The van der Waals surface area contributed by atoms with Crippen molar-refractivity contribution in [3.8, 4) is 5.75 Å². The Balaban J connectivity index is 2.56. The maximum absolute atomic E-state index is 14.3. The molecule has 1 N–H and O–H groups in total. The van der Waals surface area contributed by atoms with Crippen molar-refractivity contribution < 1.29 is 13.5 Å². The molecule has 0 aliphatic heterocycles. The van der Waals surface area contributed by atoms with Crippen LogP contribution in [0, 0.1) is 18.6 Å². The van der Waals surface area contributed by atoms with E-state index in [0.29, 0.717) is 16.4 Å². The van der Waals surface area contributed by atoms with Gasteiger partial charge in [-0.25, -0.2) is 8.78 Å². The summed E-state index contributed by atoms with van der Waals surface area (Å²) in [7, 11) is 1.37. The molecule has 0 aliphatic carbocycles. The van der Waals surface area contributed by atoms with Gasteiger partial charge in [0.2, 0.25) is 0 Å². The van der Waals surface area contributed by atoms with Gasteiger partial charge in [0.1, 0.15) is 17.4 Å². The number of hydrogen-bond acceptors (Lipinski definition) is 3. The number of aryl methyl sites for hydroxylation is 1. The average Bonchev–Trinajstić information content (AvgIpc) is 2.77. The van der Waals surface area contributed by atoms with Crippen LogP contribution in [-0.4, -0.2) is 13.7 Å². The molecule has 1 unspecified atom stereocenters. The second-order valence-electron chi connectivity index (χ2n) is 4.59. The van der Waals surface area contributed by atoms with E-state index < -0.39 is 17.7 Å². The van der Waals surface area contributed by atoms with E-state index in [-0.39, 0.29) is 11.3 Å². The van der Waals surface area contributed by atoms with E-state index in [0.717, 1.165) is 5.56 Å². The lowest BCUT2D eigenvalue weighted by molar-refractivity contribution is 0.403. The molecular formula is C15H16ClF2NOS. The normalized spacial score (nSPS) is 12.5. The molecule has 0 spiro atoms. The molecule has 0 saturated carbocycles. The fraction of sp³-hybridized carbons (Fsp3) is 0.333. The van der Waals surface area contributed by atoms with Crippen molar-refractivity contribution in [2.45, 2.75) is 19.9 Å². The maximum Gasteiger partial charge on any atom is 0.134 e. The Hall–Kier alpha value is -1.17. The fourth-order valence-corrected chi connectivity index (χ4v) is 3.51. The molecule has 0 radical (unpaired) electrons. The van der Waals surface area contributed by atoms with Crippen LogP contribution in [0.1, 0.15) is 29.0 Å². The number of hydrogen-bond donors (Lipinski definition) is 1. The summed E-state index contributed by atoms with van der Waals surface area (Å²) in [5, 5.41) is 5.51. The summed E-state index contributed by atoms with van der Waals surface area (Å²) >= 11 is 7.64. The predicted molar refractivity (Wildman–Crippen MR) is 82.5 cm³/mol. The lowest BCUT2D eigenvalue weighted by atomic mass is 10.0. The van der Waals surface area contributed by atoms with Crippen LogP contribution in [0.3, 0.4) is 0 Å². The summed E-state index contributed by atoms with van der Waals surface area (Å²) in [4.78, 5) is 0.707. The first-order valence-electron chi connectivity index (χ1n) is 6.49. The zero-order valence-electron chi connectivity index (χ0n) is 12.0. The van der Waals surface area contributed by atoms with Gasteiger partial charge in [0.25, 0.3) is 0 Å². The van der Waals surface area contributed by atoms with Gasteiger partial charge in [-0.15, -0.1) is 11.3 Å². The van der Waals surface area contributed by atoms with Crippen molar-refractivity contribution in [3.63, 3.8) is 0 Å². The third-order valence-electron chi connectivity index (χ3n) is 3.17. The standard InChI is InChI=1S/C15H16ClF2NOS/c1-4-19-14(15-13(16)8(2)7-21-15)12-10(17)5-9(20-3)6-11(12)18/h5-7,14,19H,4H2,1-3H3. The average molecular weight is 332 g/mol. The smallest absolute Gasteiger partial charge is 0.134 e. The van der Waals surface area contributed by atoms with Gasteiger partial charge < -0.3 is 10.1 Å². The Morgan fingerprint density at radius 2 is 1.95 bits per heavy atom. The number of ether oxygens (including phenoxy) is 1. The number of thiophene rings is 1. The molecule has 0 aliphatic rings. The van der Waals surface area contributed by atoms with E-state index in [1.54, 1.807) is 0 Å². The summed E-state index contributed by atoms with van der Waals surface area (Å²) in [5.74, 6) is -1.16. The second kappa shape index (κ2) is 6.73. The second-order valence-corrected chi connectivity index (χ2v) is 5.88. The summed E-state index contributed by atoms with van der Waals surface area (Å²) in [6.45, 7) is 4.30. The molecule has 6 heteroatoms. The Labute approximate surface area is 131 Å². The molecular weight excluding hydrogens is 316 g/mol. The van der Waals surface area contributed by atoms with Crippen LogP contribution < -0.4 is 10.1 Å². The Morgan fingerprint density at radius 3 is 2.38 bits per heavy atom. The van der Waals surface area contributed by atoms with E-state index in [9.17, 15) is 8.78 Å². The van der Waals surface area contributed by atoms with Gasteiger partial charge in [-0.3, -0.25) is 0 Å². The highest BCUT2D eigenvalue weighted by Gasteiger charge is 2.26. The molecule has 0 bridgehead atoms. The molecule has 1 atom stereocenters. The number of halogens is 3. The van der Waals surface area contributed by atoms with Gasteiger partial charge in [0.15, 0.2) is 0 Å². The number of methoxy groups -OCH3 is 1. The van der Waals surface area contributed by atoms with Gasteiger partial charge in [-0.2, -0.15) is 0 Å². The largest absolute Gasteiger partial charge is 0.497 e. The first-order valence-corrected chi connectivity index (χ1v) is 7.75. The SMILES string of the molecule is CCNC(c1scc(C)c1Cl)c1c(F)cc(OC)cc1F. The van der Waals surface area contributed by atoms with Gasteiger partial charge in [0.05, 0.1) is 18.2 Å². The van der Waals surface area contributed by atoms with Crippen LogP contribution in [-0.2, 0) is 0 Å². The van der Waals surface area contributed by atoms with Crippen molar-refractivity contribution in [1.82, 2.24) is 5.32 Å². The minimum absolute atomic E-state index is 0.0404. The van der Waals surface area contributed by atoms with Crippen molar-refractivity contribution >= 4 is 22.9 Å². The van der Waals surface area contributed by atoms with E-state index in [4.69, 9.17) is 16.3 Å². The highest BCUT2D eigenvalue weighted by atomic mass is 35.5. The highest BCUT2D eigenvalue weighted by Crippen LogP contribution is 2.38. The van der Waals surface area contributed by atoms with Crippen molar-refractivity contribution in [2.75, 3.05) is 13.7 Å². The highest BCUT2D eigenvalue weighted by molar-refractivity contribution is 7.10. The first kappa shape index (κ1) is 16.2. The summed E-state index contributed by atoms with van der Waals surface area (Å²) in [6, 6.07) is 1.74. The third-order valence-corrected chi connectivity index (χ3v) is 4.95. The number of benzene rings is 1. The van der Waals surface area contributed by atoms with Crippen LogP contribution in [0.15, 0.2) is 17.5 Å². The fourth-order valence-electron chi connectivity index (χ4n) is 2.13. The van der Waals surface area contributed by atoms with Crippen molar-refractivity contribution in [1.29, 1.82) is 0 Å². The molecule has 1 aromatic heterocycles. The zero-order valence-corrected chi connectivity index (χ0v) is 13.5. The lowest BCUT2D eigenvalue weighted by Crippen LogP contribution is -2.23. The molecule has 1 aromatic carbocycles. The van der Waals surface area contributed by atoms with Crippen LogP contribution in [0.5, 0.6) is 5.75 Å². The third kappa shape index (κ3) is 3.20. The Morgan fingerprint density at radius 1 is 1.33 bits per heavy atom. The number of nitrogens with one attached hydrogen (secondary N) is 1. The molecule has 21 heavy (non-hydrogen) atoms. The van der Waals surface area contributed by atoms with Gasteiger partial charge in [-0.05, 0) is 24.4 Å². The van der Waals surface area contributed by atoms with E-state index in [2.05, 4.69) is 5.32 Å². The van der Waals surface area contributed by atoms with Crippen LogP contribution in [0.25, 0.3) is 0 Å². The summed E-state index contributed by atoms with van der Waals surface area (Å²) in [5.41, 5.74) is 0.857. The van der Waals surface area contributed by atoms with Crippen LogP contribution in [0.2, 0.25) is 5.02 Å². The monoisotopic (exact) mass is 331 g/mol. The van der Waals surface area contributed by atoms with Crippen LogP contribution >= 0.6 is 22.9 Å². The van der Waals surface area contributed by atoms with Crippen LogP contribution in [0.4, 0.5) is 8.78 Å². The molecule has 1 heterocycles. The van der Waals surface area contributed by atoms with Gasteiger partial charge in [0, 0.05) is 22.6 Å². The van der Waals surface area contributed by atoms with E-state index in [1.165, 1.54) is 30.6 Å². The van der Waals surface area contributed by atoms with E-state index >= 15 is 0 Å². The minimum Gasteiger partial charge on any atom is -0.497 e. The molecule has 2 rings (SSSR count). The summed E-state index contributed by atoms with van der Waals surface area (Å²) in [6.07, 6.45) is 0. The number of rotatable bonds is 5. The minimum atomic E-state index is -0.653. The molecule has 0 amide bonds. The predicted octanol–water partition coefficient (Wildman–Crippen LogP) is 4.70. The Kier molecular flexibility index (Phi) is 5.19. The topological polar surface area (TPSA) is 21.3 Å². The van der Waals surface area contributed by atoms with E-state index in [1.807, 2.05) is 19.2 Å². The summed E-state index contributed by atoms with van der Waals surface area (Å²) < 4.78 is 33.5.